The SMILES string of the molecule is COc1nc(N2CCN(CC3CC3)CC2)ncc1Br. The third-order valence-corrected chi connectivity index (χ3v) is 4.30. The molecule has 2 heterocycles. The van der Waals surface area contributed by atoms with Crippen molar-refractivity contribution in [1.82, 2.24) is 14.9 Å². The molecule has 0 unspecified atom stereocenters. The van der Waals surface area contributed by atoms with E-state index in [1.807, 2.05) is 0 Å². The van der Waals surface area contributed by atoms with E-state index in [2.05, 4.69) is 35.7 Å². The van der Waals surface area contributed by atoms with Gasteiger partial charge in [-0.25, -0.2) is 4.98 Å². The Morgan fingerprint density at radius 3 is 2.68 bits per heavy atom. The molecular formula is C13H19BrN4O. The smallest absolute Gasteiger partial charge is 0.232 e. The summed E-state index contributed by atoms with van der Waals surface area (Å²) in [5.41, 5.74) is 0. The number of halogens is 1. The molecule has 3 rings (SSSR count). The van der Waals surface area contributed by atoms with Crippen molar-refractivity contribution >= 4 is 21.9 Å². The molecule has 2 fully saturated rings. The lowest BCUT2D eigenvalue weighted by molar-refractivity contribution is 0.247. The van der Waals surface area contributed by atoms with Crippen molar-refractivity contribution in [2.75, 3.05) is 44.7 Å². The number of aromatic nitrogens is 2. The zero-order valence-electron chi connectivity index (χ0n) is 11.2. The summed E-state index contributed by atoms with van der Waals surface area (Å²) >= 11 is 3.38. The first-order valence-corrected chi connectivity index (χ1v) is 7.59. The molecule has 1 aliphatic carbocycles. The van der Waals surface area contributed by atoms with Gasteiger partial charge in [0.2, 0.25) is 11.8 Å². The Labute approximate surface area is 122 Å². The fourth-order valence-corrected chi connectivity index (χ4v) is 2.79. The van der Waals surface area contributed by atoms with Gasteiger partial charge in [0.25, 0.3) is 0 Å². The lowest BCUT2D eigenvalue weighted by atomic mass is 10.3. The van der Waals surface area contributed by atoms with Gasteiger partial charge in [0.15, 0.2) is 0 Å². The van der Waals surface area contributed by atoms with Crippen LogP contribution in [0, 0.1) is 5.92 Å². The van der Waals surface area contributed by atoms with Crippen LogP contribution in [0.25, 0.3) is 0 Å². The highest BCUT2D eigenvalue weighted by Crippen LogP contribution is 2.30. The second-order valence-corrected chi connectivity index (χ2v) is 6.11. The van der Waals surface area contributed by atoms with Gasteiger partial charge < -0.3 is 9.64 Å². The predicted molar refractivity (Wildman–Crippen MR) is 77.7 cm³/mol. The summed E-state index contributed by atoms with van der Waals surface area (Å²) in [5, 5.41) is 0. The number of anilines is 1. The number of hydrogen-bond acceptors (Lipinski definition) is 5. The van der Waals surface area contributed by atoms with Gasteiger partial charge in [-0.2, -0.15) is 4.98 Å². The highest BCUT2D eigenvalue weighted by Gasteiger charge is 2.27. The number of methoxy groups -OCH3 is 1. The van der Waals surface area contributed by atoms with Gasteiger partial charge in [0.1, 0.15) is 0 Å². The third-order valence-electron chi connectivity index (χ3n) is 3.76. The molecule has 0 N–H and O–H groups in total. The average molecular weight is 327 g/mol. The van der Waals surface area contributed by atoms with Gasteiger partial charge in [0.05, 0.1) is 17.8 Å². The average Bonchev–Trinajstić information content (AvgIpc) is 3.24. The summed E-state index contributed by atoms with van der Waals surface area (Å²) in [7, 11) is 1.63. The molecule has 1 aromatic heterocycles. The quantitative estimate of drug-likeness (QED) is 0.843. The maximum Gasteiger partial charge on any atom is 0.232 e. The Balaban J connectivity index is 1.60. The molecule has 1 aliphatic heterocycles. The van der Waals surface area contributed by atoms with Crippen LogP contribution in [0.1, 0.15) is 12.8 Å². The van der Waals surface area contributed by atoms with Crippen LogP contribution in [0.2, 0.25) is 0 Å². The standard InChI is InChI=1S/C13H19BrN4O/c1-19-12-11(14)8-15-13(16-12)18-6-4-17(5-7-18)9-10-2-3-10/h8,10H,2-7,9H2,1H3. The number of hydrogen-bond donors (Lipinski definition) is 0. The second-order valence-electron chi connectivity index (χ2n) is 5.26. The molecule has 1 saturated carbocycles. The first-order chi connectivity index (χ1) is 9.26. The fraction of sp³-hybridized carbons (Fsp3) is 0.692. The van der Waals surface area contributed by atoms with Crippen molar-refractivity contribution in [3.05, 3.63) is 10.7 Å². The van der Waals surface area contributed by atoms with E-state index in [9.17, 15) is 0 Å². The van der Waals surface area contributed by atoms with E-state index >= 15 is 0 Å². The molecular weight excluding hydrogens is 308 g/mol. The molecule has 6 heteroatoms. The van der Waals surface area contributed by atoms with Gasteiger partial charge in [-0.15, -0.1) is 0 Å². The summed E-state index contributed by atoms with van der Waals surface area (Å²) in [6.45, 7) is 5.49. The molecule has 104 valence electrons. The first-order valence-electron chi connectivity index (χ1n) is 6.80. The molecule has 5 nitrogen and oxygen atoms in total. The monoisotopic (exact) mass is 326 g/mol. The minimum atomic E-state index is 0.602. The Kier molecular flexibility index (Phi) is 3.88. The minimum absolute atomic E-state index is 0.602. The van der Waals surface area contributed by atoms with Crippen LogP contribution < -0.4 is 9.64 Å². The molecule has 0 aromatic carbocycles. The number of rotatable bonds is 4. The lowest BCUT2D eigenvalue weighted by Gasteiger charge is -2.34. The Hall–Kier alpha value is -0.880. The molecule has 2 aliphatic rings. The van der Waals surface area contributed by atoms with Crippen LogP contribution in [-0.2, 0) is 0 Å². The minimum Gasteiger partial charge on any atom is -0.480 e. The van der Waals surface area contributed by atoms with Crippen LogP contribution in [0.4, 0.5) is 5.95 Å². The predicted octanol–water partition coefficient (Wildman–Crippen LogP) is 1.78. The van der Waals surface area contributed by atoms with Crippen LogP contribution in [0.3, 0.4) is 0 Å². The Bertz CT molecular complexity index is 444. The first kappa shape index (κ1) is 13.1. The fourth-order valence-electron chi connectivity index (χ4n) is 2.43. The van der Waals surface area contributed by atoms with Crippen LogP contribution in [-0.4, -0.2) is 54.7 Å². The van der Waals surface area contributed by atoms with E-state index in [1.54, 1.807) is 13.3 Å². The number of piperazine rings is 1. The largest absolute Gasteiger partial charge is 0.480 e. The summed E-state index contributed by atoms with van der Waals surface area (Å²) in [5.74, 6) is 2.34. The van der Waals surface area contributed by atoms with E-state index in [4.69, 9.17) is 4.74 Å². The van der Waals surface area contributed by atoms with Crippen molar-refractivity contribution in [3.63, 3.8) is 0 Å². The maximum absolute atomic E-state index is 5.22. The van der Waals surface area contributed by atoms with Gasteiger partial charge in [0, 0.05) is 32.7 Å². The molecule has 19 heavy (non-hydrogen) atoms. The zero-order chi connectivity index (χ0) is 13.2. The molecule has 0 bridgehead atoms. The van der Waals surface area contributed by atoms with Crippen molar-refractivity contribution < 1.29 is 4.74 Å². The summed E-state index contributed by atoms with van der Waals surface area (Å²) < 4.78 is 6.02. The van der Waals surface area contributed by atoms with Gasteiger partial charge >= 0.3 is 0 Å². The summed E-state index contributed by atoms with van der Waals surface area (Å²) in [6, 6.07) is 0. The molecule has 0 amide bonds. The van der Waals surface area contributed by atoms with E-state index in [0.29, 0.717) is 5.88 Å². The van der Waals surface area contributed by atoms with Crippen molar-refractivity contribution in [1.29, 1.82) is 0 Å². The van der Waals surface area contributed by atoms with Crippen LogP contribution in [0.5, 0.6) is 5.88 Å². The highest BCUT2D eigenvalue weighted by atomic mass is 79.9. The van der Waals surface area contributed by atoms with Crippen molar-refractivity contribution in [2.24, 2.45) is 5.92 Å². The van der Waals surface area contributed by atoms with Crippen molar-refractivity contribution in [3.8, 4) is 5.88 Å². The topological polar surface area (TPSA) is 41.5 Å². The Morgan fingerprint density at radius 2 is 2.05 bits per heavy atom. The molecule has 0 spiro atoms. The van der Waals surface area contributed by atoms with Gasteiger partial charge in [-0.05, 0) is 34.7 Å². The third kappa shape index (κ3) is 3.17. The zero-order valence-corrected chi connectivity index (χ0v) is 12.8. The molecule has 0 atom stereocenters. The summed E-state index contributed by atoms with van der Waals surface area (Å²) in [4.78, 5) is 13.6. The highest BCUT2D eigenvalue weighted by molar-refractivity contribution is 9.10. The summed E-state index contributed by atoms with van der Waals surface area (Å²) in [6.07, 6.45) is 4.61. The van der Waals surface area contributed by atoms with Gasteiger partial charge in [-0.1, -0.05) is 0 Å². The molecule has 1 aromatic rings. The molecule has 0 radical (unpaired) electrons. The van der Waals surface area contributed by atoms with E-state index in [1.165, 1.54) is 19.4 Å². The number of nitrogens with zero attached hydrogens (tertiary/aromatic N) is 4. The maximum atomic E-state index is 5.22. The van der Waals surface area contributed by atoms with E-state index in [-0.39, 0.29) is 0 Å². The number of ether oxygens (including phenoxy) is 1. The van der Waals surface area contributed by atoms with Crippen molar-refractivity contribution in [2.45, 2.75) is 12.8 Å². The van der Waals surface area contributed by atoms with Crippen LogP contribution >= 0.6 is 15.9 Å². The Morgan fingerprint density at radius 1 is 1.32 bits per heavy atom. The van der Waals surface area contributed by atoms with E-state index in [0.717, 1.165) is 42.5 Å². The van der Waals surface area contributed by atoms with E-state index < -0.39 is 0 Å². The normalized spacial score (nSPS) is 20.6. The molecule has 1 saturated heterocycles. The van der Waals surface area contributed by atoms with Crippen LogP contribution in [0.15, 0.2) is 10.7 Å². The van der Waals surface area contributed by atoms with Gasteiger partial charge in [-0.3, -0.25) is 4.90 Å². The second kappa shape index (κ2) is 5.63. The lowest BCUT2D eigenvalue weighted by Crippen LogP contribution is -2.47.